The normalized spacial score (nSPS) is 11.9. The molecule has 0 atom stereocenters. The van der Waals surface area contributed by atoms with Crippen LogP contribution in [0, 0.1) is 5.82 Å². The van der Waals surface area contributed by atoms with Crippen LogP contribution in [0.25, 0.3) is 0 Å². The average Bonchev–Trinajstić information content (AvgIpc) is 2.28. The number of carbonyl (C=O) groups excluding carboxylic acids is 1. The van der Waals surface area contributed by atoms with Crippen molar-refractivity contribution in [3.63, 3.8) is 0 Å². The van der Waals surface area contributed by atoms with Gasteiger partial charge in [0.05, 0.1) is 11.4 Å². The number of sulfonamides is 1. The Labute approximate surface area is 111 Å². The van der Waals surface area contributed by atoms with Gasteiger partial charge in [-0.05, 0) is 24.3 Å². The highest BCUT2D eigenvalue weighted by molar-refractivity contribution is 7.89. The van der Waals surface area contributed by atoms with E-state index in [1.165, 1.54) is 12.1 Å². The topological polar surface area (TPSA) is 69.7 Å². The molecule has 1 aromatic carbocycles. The number of halogens is 1. The SMILES string of the molecule is CN(C)NC(=O)CN(C)S(=O)(=O)c1ccc(F)cc1. The maximum absolute atomic E-state index is 12.8. The van der Waals surface area contributed by atoms with Crippen molar-refractivity contribution in [3.8, 4) is 0 Å². The van der Waals surface area contributed by atoms with E-state index < -0.39 is 21.7 Å². The summed E-state index contributed by atoms with van der Waals surface area (Å²) in [5, 5.41) is 1.42. The van der Waals surface area contributed by atoms with E-state index in [1.54, 1.807) is 14.1 Å². The van der Waals surface area contributed by atoms with Crippen LogP contribution in [0.1, 0.15) is 0 Å². The summed E-state index contributed by atoms with van der Waals surface area (Å²) in [6, 6.07) is 4.43. The average molecular weight is 289 g/mol. The van der Waals surface area contributed by atoms with Gasteiger partial charge in [0, 0.05) is 21.1 Å². The summed E-state index contributed by atoms with van der Waals surface area (Å²) in [6.45, 7) is -0.322. The van der Waals surface area contributed by atoms with Gasteiger partial charge in [-0.15, -0.1) is 0 Å². The number of carbonyl (C=O) groups is 1. The van der Waals surface area contributed by atoms with E-state index in [2.05, 4.69) is 5.43 Å². The van der Waals surface area contributed by atoms with Crippen molar-refractivity contribution in [2.24, 2.45) is 0 Å². The van der Waals surface area contributed by atoms with Crippen LogP contribution in [0.5, 0.6) is 0 Å². The molecule has 0 saturated carbocycles. The first-order valence-corrected chi connectivity index (χ1v) is 6.86. The molecule has 0 aromatic heterocycles. The Hall–Kier alpha value is -1.51. The van der Waals surface area contributed by atoms with Gasteiger partial charge in [0.1, 0.15) is 5.82 Å². The summed E-state index contributed by atoms with van der Waals surface area (Å²) in [4.78, 5) is 11.4. The molecule has 0 bridgehead atoms. The molecule has 6 nitrogen and oxygen atoms in total. The van der Waals surface area contributed by atoms with E-state index in [0.717, 1.165) is 28.6 Å². The van der Waals surface area contributed by atoms with E-state index in [4.69, 9.17) is 0 Å². The molecule has 1 N–H and O–H groups in total. The van der Waals surface area contributed by atoms with Crippen molar-refractivity contribution in [1.82, 2.24) is 14.7 Å². The standard InChI is InChI=1S/C11H16FN3O3S/c1-14(2)13-11(16)8-15(3)19(17,18)10-6-4-9(12)5-7-10/h4-7H,8H2,1-3H3,(H,13,16). The second kappa shape index (κ2) is 6.09. The van der Waals surface area contributed by atoms with Gasteiger partial charge in [-0.3, -0.25) is 10.2 Å². The third kappa shape index (κ3) is 4.27. The highest BCUT2D eigenvalue weighted by Crippen LogP contribution is 2.14. The van der Waals surface area contributed by atoms with Gasteiger partial charge >= 0.3 is 0 Å². The lowest BCUT2D eigenvalue weighted by atomic mass is 10.4. The zero-order valence-electron chi connectivity index (χ0n) is 10.9. The fourth-order valence-corrected chi connectivity index (χ4v) is 2.49. The van der Waals surface area contributed by atoms with Crippen LogP contribution in [0.3, 0.4) is 0 Å². The number of nitrogens with one attached hydrogen (secondary N) is 1. The molecule has 0 heterocycles. The Morgan fingerprint density at radius 1 is 1.21 bits per heavy atom. The van der Waals surface area contributed by atoms with Crippen LogP contribution in [-0.4, -0.2) is 51.3 Å². The van der Waals surface area contributed by atoms with Gasteiger partial charge in [0.2, 0.25) is 15.9 Å². The molecule has 1 rings (SSSR count). The number of hydrogen-bond acceptors (Lipinski definition) is 4. The fraction of sp³-hybridized carbons (Fsp3) is 0.364. The summed E-state index contributed by atoms with van der Waals surface area (Å²) in [7, 11) is 0.721. The number of benzene rings is 1. The van der Waals surface area contributed by atoms with Gasteiger partial charge in [0.15, 0.2) is 0 Å². The number of likely N-dealkylation sites (N-methyl/N-ethyl adjacent to an activating group) is 1. The predicted octanol–water partition coefficient (Wildman–Crippen LogP) is 0.0390. The van der Waals surface area contributed by atoms with E-state index >= 15 is 0 Å². The Morgan fingerprint density at radius 3 is 2.21 bits per heavy atom. The molecule has 8 heteroatoms. The summed E-state index contributed by atoms with van der Waals surface area (Å²) < 4.78 is 37.8. The molecule has 0 aliphatic rings. The highest BCUT2D eigenvalue weighted by Gasteiger charge is 2.22. The molecule has 0 fully saturated rings. The molecule has 0 radical (unpaired) electrons. The molecule has 0 saturated heterocycles. The Bertz CT molecular complexity index is 543. The molecule has 19 heavy (non-hydrogen) atoms. The monoisotopic (exact) mass is 289 g/mol. The van der Waals surface area contributed by atoms with Crippen LogP contribution in [0.4, 0.5) is 4.39 Å². The lowest BCUT2D eigenvalue weighted by molar-refractivity contribution is -0.124. The van der Waals surface area contributed by atoms with Crippen molar-refractivity contribution < 1.29 is 17.6 Å². The molecular formula is C11H16FN3O3S. The highest BCUT2D eigenvalue weighted by atomic mass is 32.2. The van der Waals surface area contributed by atoms with Crippen molar-refractivity contribution >= 4 is 15.9 Å². The van der Waals surface area contributed by atoms with Crippen molar-refractivity contribution in [2.45, 2.75) is 4.90 Å². The molecule has 1 aromatic rings. The number of hydrazine groups is 1. The molecule has 0 unspecified atom stereocenters. The second-order valence-corrected chi connectivity index (χ2v) is 6.19. The summed E-state index contributed by atoms with van der Waals surface area (Å²) in [6.07, 6.45) is 0. The van der Waals surface area contributed by atoms with E-state index in [-0.39, 0.29) is 11.4 Å². The zero-order valence-corrected chi connectivity index (χ0v) is 11.7. The second-order valence-electron chi connectivity index (χ2n) is 4.14. The minimum atomic E-state index is -3.80. The molecule has 1 amide bonds. The first kappa shape index (κ1) is 15.5. The third-order valence-corrected chi connectivity index (χ3v) is 4.05. The van der Waals surface area contributed by atoms with Crippen molar-refractivity contribution in [1.29, 1.82) is 0 Å². The lowest BCUT2D eigenvalue weighted by Crippen LogP contribution is -2.43. The van der Waals surface area contributed by atoms with E-state index in [9.17, 15) is 17.6 Å². The van der Waals surface area contributed by atoms with Crippen LogP contribution in [0.15, 0.2) is 29.2 Å². The van der Waals surface area contributed by atoms with Gasteiger partial charge in [-0.2, -0.15) is 4.31 Å². The maximum atomic E-state index is 12.8. The van der Waals surface area contributed by atoms with E-state index in [1.807, 2.05) is 0 Å². The first-order chi connectivity index (χ1) is 8.73. The van der Waals surface area contributed by atoms with Crippen LogP contribution in [-0.2, 0) is 14.8 Å². The van der Waals surface area contributed by atoms with Crippen LogP contribution >= 0.6 is 0 Å². The Morgan fingerprint density at radius 2 is 1.74 bits per heavy atom. The lowest BCUT2D eigenvalue weighted by Gasteiger charge is -2.18. The van der Waals surface area contributed by atoms with Gasteiger partial charge in [-0.1, -0.05) is 0 Å². The molecule has 0 aliphatic carbocycles. The van der Waals surface area contributed by atoms with Crippen molar-refractivity contribution in [2.75, 3.05) is 27.7 Å². The predicted molar refractivity (Wildman–Crippen MR) is 68.0 cm³/mol. The number of rotatable bonds is 5. The van der Waals surface area contributed by atoms with Gasteiger partial charge in [-0.25, -0.2) is 17.8 Å². The van der Waals surface area contributed by atoms with Gasteiger partial charge < -0.3 is 0 Å². The van der Waals surface area contributed by atoms with Crippen molar-refractivity contribution in [3.05, 3.63) is 30.1 Å². The Balaban J connectivity index is 2.83. The van der Waals surface area contributed by atoms with Crippen LogP contribution in [0.2, 0.25) is 0 Å². The molecular weight excluding hydrogens is 273 g/mol. The zero-order chi connectivity index (χ0) is 14.6. The third-order valence-electron chi connectivity index (χ3n) is 2.24. The quantitative estimate of drug-likeness (QED) is 0.777. The minimum Gasteiger partial charge on any atom is -0.288 e. The minimum absolute atomic E-state index is 0.0611. The smallest absolute Gasteiger partial charge is 0.249 e. The van der Waals surface area contributed by atoms with Gasteiger partial charge in [0.25, 0.3) is 0 Å². The number of nitrogens with zero attached hydrogens (tertiary/aromatic N) is 2. The summed E-state index contributed by atoms with van der Waals surface area (Å²) >= 11 is 0. The molecule has 106 valence electrons. The van der Waals surface area contributed by atoms with E-state index in [0.29, 0.717) is 0 Å². The largest absolute Gasteiger partial charge is 0.288 e. The summed E-state index contributed by atoms with van der Waals surface area (Å²) in [5.41, 5.74) is 2.43. The molecule has 0 spiro atoms. The fourth-order valence-electron chi connectivity index (χ4n) is 1.36. The maximum Gasteiger partial charge on any atom is 0.249 e. The number of amides is 1. The Kier molecular flexibility index (Phi) is 4.98. The first-order valence-electron chi connectivity index (χ1n) is 5.42. The van der Waals surface area contributed by atoms with Crippen LogP contribution < -0.4 is 5.43 Å². The molecule has 0 aliphatic heterocycles. The number of hydrogen-bond donors (Lipinski definition) is 1. The summed E-state index contributed by atoms with van der Waals surface area (Å²) in [5.74, 6) is -0.981.